The van der Waals surface area contributed by atoms with Crippen molar-refractivity contribution in [1.82, 2.24) is 0 Å². The Hall–Kier alpha value is 0.177. The van der Waals surface area contributed by atoms with Crippen molar-refractivity contribution in [3.63, 3.8) is 0 Å². The third-order valence-corrected chi connectivity index (χ3v) is 4.73. The predicted octanol–water partition coefficient (Wildman–Crippen LogP) is 2.74. The summed E-state index contributed by atoms with van der Waals surface area (Å²) in [4.78, 5) is 0. The van der Waals surface area contributed by atoms with Gasteiger partial charge in [0.2, 0.25) is 0 Å². The van der Waals surface area contributed by atoms with Crippen molar-refractivity contribution in [1.29, 1.82) is 0 Å². The lowest BCUT2D eigenvalue weighted by atomic mass is 9.99. The zero-order valence-electron chi connectivity index (χ0n) is 9.31. The largest absolute Gasteiger partial charge is 0.423 e. The van der Waals surface area contributed by atoms with Gasteiger partial charge in [0.15, 0.2) is 9.76 Å². The van der Waals surface area contributed by atoms with Crippen LogP contribution in [-0.2, 0) is 4.43 Å². The summed E-state index contributed by atoms with van der Waals surface area (Å²) in [6, 6.07) is 0. The number of hydrogen-bond acceptors (Lipinski definition) is 1. The van der Waals surface area contributed by atoms with Crippen LogP contribution in [0.15, 0.2) is 0 Å². The van der Waals surface area contributed by atoms with E-state index in [1.807, 2.05) is 0 Å². The summed E-state index contributed by atoms with van der Waals surface area (Å²) >= 11 is 0. The zero-order valence-corrected chi connectivity index (χ0v) is 10.7. The van der Waals surface area contributed by atoms with Crippen molar-refractivity contribution in [2.24, 2.45) is 5.92 Å². The molecule has 12 heavy (non-hydrogen) atoms. The van der Waals surface area contributed by atoms with Gasteiger partial charge in [-0.1, -0.05) is 41.0 Å². The molecule has 0 saturated heterocycles. The molecule has 0 saturated carbocycles. The summed E-state index contributed by atoms with van der Waals surface area (Å²) in [7, 11) is -0.329. The molecule has 0 rings (SSSR count). The summed E-state index contributed by atoms with van der Waals surface area (Å²) in [6.45, 7) is 12.4. The van der Waals surface area contributed by atoms with Crippen LogP contribution in [0.2, 0.25) is 5.04 Å². The van der Waals surface area contributed by atoms with Gasteiger partial charge < -0.3 is 4.43 Å². The quantitative estimate of drug-likeness (QED) is 0.460. The molecule has 0 aliphatic carbocycles. The molecule has 0 fully saturated rings. The second-order valence-electron chi connectivity index (χ2n) is 4.55. The van der Waals surface area contributed by atoms with Crippen LogP contribution >= 0.6 is 0 Å². The summed E-state index contributed by atoms with van der Waals surface area (Å²) in [5.74, 6) is 0.755. The van der Waals surface area contributed by atoms with Crippen LogP contribution in [0.4, 0.5) is 0 Å². The molecule has 0 aliphatic heterocycles. The van der Waals surface area contributed by atoms with Gasteiger partial charge in [0.25, 0.3) is 0 Å². The highest BCUT2D eigenvalue weighted by molar-refractivity contribution is 6.32. The maximum atomic E-state index is 5.74. The van der Waals surface area contributed by atoms with Gasteiger partial charge >= 0.3 is 0 Å². The van der Waals surface area contributed by atoms with Gasteiger partial charge in [0.1, 0.15) is 0 Å². The number of unbranched alkanes of at least 4 members (excludes halogenated alkanes) is 1. The molecular formula is C10H24OSi. The van der Waals surface area contributed by atoms with Gasteiger partial charge in [-0.05, 0) is 17.4 Å². The van der Waals surface area contributed by atoms with E-state index in [2.05, 4.69) is 34.6 Å². The van der Waals surface area contributed by atoms with Crippen LogP contribution in [0.3, 0.4) is 0 Å². The maximum absolute atomic E-state index is 5.74. The van der Waals surface area contributed by atoms with Gasteiger partial charge in [-0.2, -0.15) is 0 Å². The van der Waals surface area contributed by atoms with E-state index in [0.717, 1.165) is 12.5 Å². The number of rotatable bonds is 6. The normalized spacial score (nSPS) is 13.5. The minimum Gasteiger partial charge on any atom is -0.423 e. The van der Waals surface area contributed by atoms with E-state index in [9.17, 15) is 0 Å². The van der Waals surface area contributed by atoms with Crippen LogP contribution in [-0.4, -0.2) is 16.4 Å². The van der Waals surface area contributed by atoms with E-state index in [4.69, 9.17) is 4.43 Å². The van der Waals surface area contributed by atoms with Crippen LogP contribution in [0.5, 0.6) is 0 Å². The third-order valence-electron chi connectivity index (χ3n) is 2.68. The van der Waals surface area contributed by atoms with E-state index in [1.54, 1.807) is 0 Å². The van der Waals surface area contributed by atoms with E-state index in [1.165, 1.54) is 12.8 Å². The minimum absolute atomic E-state index is 0.329. The molecule has 0 aliphatic rings. The molecule has 2 heteroatoms. The molecule has 0 radical (unpaired) electrons. The van der Waals surface area contributed by atoms with Gasteiger partial charge in [0, 0.05) is 6.61 Å². The molecule has 1 nitrogen and oxygen atoms in total. The predicted molar refractivity (Wildman–Crippen MR) is 58.3 cm³/mol. The average molecular weight is 188 g/mol. The van der Waals surface area contributed by atoms with Crippen molar-refractivity contribution < 1.29 is 4.43 Å². The fourth-order valence-electron chi connectivity index (χ4n) is 0.748. The second kappa shape index (κ2) is 5.76. The highest BCUT2D eigenvalue weighted by Gasteiger charge is 2.23. The standard InChI is InChI=1S/C10H24OSi/c1-6-7-8-11-12-10(4,5)9(2)3/h9H,6-8,12H2,1-5H3. The Labute approximate surface area is 79.8 Å². The Balaban J connectivity index is 3.47. The first-order valence-electron chi connectivity index (χ1n) is 5.08. The smallest absolute Gasteiger partial charge is 0.167 e. The summed E-state index contributed by atoms with van der Waals surface area (Å²) in [5.41, 5.74) is 0. The number of hydrogen-bond donors (Lipinski definition) is 0. The second-order valence-corrected chi connectivity index (χ2v) is 7.07. The van der Waals surface area contributed by atoms with Crippen LogP contribution < -0.4 is 0 Å². The molecule has 0 aromatic carbocycles. The summed E-state index contributed by atoms with van der Waals surface area (Å²) < 4.78 is 5.74. The van der Waals surface area contributed by atoms with Crippen molar-refractivity contribution in [3.8, 4) is 0 Å². The first kappa shape index (κ1) is 12.2. The maximum Gasteiger partial charge on any atom is 0.167 e. The van der Waals surface area contributed by atoms with Gasteiger partial charge in [0.05, 0.1) is 0 Å². The summed E-state index contributed by atoms with van der Waals surface area (Å²) in [5, 5.41) is 0.466. The Morgan fingerprint density at radius 1 is 1.33 bits per heavy atom. The first-order chi connectivity index (χ1) is 5.50. The minimum atomic E-state index is -0.329. The van der Waals surface area contributed by atoms with Crippen molar-refractivity contribution >= 4 is 9.76 Å². The van der Waals surface area contributed by atoms with Gasteiger partial charge in [-0.25, -0.2) is 0 Å². The molecule has 0 heterocycles. The van der Waals surface area contributed by atoms with Crippen molar-refractivity contribution in [3.05, 3.63) is 0 Å². The zero-order chi connectivity index (χ0) is 9.61. The molecule has 0 amide bonds. The Kier molecular flexibility index (Phi) is 5.84. The van der Waals surface area contributed by atoms with Gasteiger partial charge in [-0.15, -0.1) is 0 Å². The molecule has 0 spiro atoms. The van der Waals surface area contributed by atoms with Crippen LogP contribution in [0.25, 0.3) is 0 Å². The topological polar surface area (TPSA) is 9.23 Å². The fourth-order valence-corrected chi connectivity index (χ4v) is 1.96. The van der Waals surface area contributed by atoms with E-state index in [-0.39, 0.29) is 9.76 Å². The van der Waals surface area contributed by atoms with E-state index < -0.39 is 0 Å². The molecule has 0 N–H and O–H groups in total. The lowest BCUT2D eigenvalue weighted by Gasteiger charge is -2.28. The monoisotopic (exact) mass is 188 g/mol. The Bertz CT molecular complexity index is 110. The van der Waals surface area contributed by atoms with Crippen molar-refractivity contribution in [2.45, 2.75) is 52.5 Å². The highest BCUT2D eigenvalue weighted by atomic mass is 28.2. The van der Waals surface area contributed by atoms with Crippen LogP contribution in [0, 0.1) is 5.92 Å². The molecule has 0 aromatic heterocycles. The van der Waals surface area contributed by atoms with Gasteiger partial charge in [-0.3, -0.25) is 0 Å². The SMILES string of the molecule is CCCCO[SiH2]C(C)(C)C(C)C. The Morgan fingerprint density at radius 2 is 1.92 bits per heavy atom. The molecule has 0 unspecified atom stereocenters. The van der Waals surface area contributed by atoms with E-state index in [0.29, 0.717) is 5.04 Å². The van der Waals surface area contributed by atoms with E-state index >= 15 is 0 Å². The highest BCUT2D eigenvalue weighted by Crippen LogP contribution is 2.32. The van der Waals surface area contributed by atoms with Crippen molar-refractivity contribution in [2.75, 3.05) is 6.61 Å². The lowest BCUT2D eigenvalue weighted by Crippen LogP contribution is -2.22. The molecule has 0 atom stereocenters. The molecule has 0 aromatic rings. The third kappa shape index (κ3) is 4.94. The molecule has 0 bridgehead atoms. The summed E-state index contributed by atoms with van der Waals surface area (Å²) in [6.07, 6.45) is 2.47. The van der Waals surface area contributed by atoms with Crippen LogP contribution in [0.1, 0.15) is 47.5 Å². The Morgan fingerprint density at radius 3 is 2.33 bits per heavy atom. The fraction of sp³-hybridized carbons (Fsp3) is 1.00. The average Bonchev–Trinajstić information content (AvgIpc) is 1.98. The molecule has 74 valence electrons. The molecular weight excluding hydrogens is 164 g/mol. The first-order valence-corrected chi connectivity index (χ1v) is 6.37. The lowest BCUT2D eigenvalue weighted by molar-refractivity contribution is 0.295.